The maximum Gasteiger partial charge on any atom is 0.249 e. The first-order valence-corrected chi connectivity index (χ1v) is 15.5. The summed E-state index contributed by atoms with van der Waals surface area (Å²) < 4.78 is 6.95. The second kappa shape index (κ2) is 12.7. The van der Waals surface area contributed by atoms with E-state index in [2.05, 4.69) is 20.1 Å². The molecule has 0 aliphatic carbocycles. The second-order valence-corrected chi connectivity index (χ2v) is 13.0. The highest BCUT2D eigenvalue weighted by atomic mass is 16.5. The molecule has 3 heterocycles. The van der Waals surface area contributed by atoms with E-state index in [9.17, 15) is 19.5 Å². The second-order valence-electron chi connectivity index (χ2n) is 13.0. The van der Waals surface area contributed by atoms with E-state index in [1.165, 1.54) is 0 Å². The van der Waals surface area contributed by atoms with E-state index in [0.717, 1.165) is 12.0 Å². The van der Waals surface area contributed by atoms with Crippen molar-refractivity contribution in [2.45, 2.75) is 83.7 Å². The van der Waals surface area contributed by atoms with Gasteiger partial charge in [0.05, 0.1) is 30.1 Å². The molecule has 1 spiro atoms. The number of rotatable bonds is 14. The van der Waals surface area contributed by atoms with Crippen molar-refractivity contribution < 1.29 is 24.2 Å². The van der Waals surface area contributed by atoms with Crippen LogP contribution in [0, 0.1) is 23.7 Å². The van der Waals surface area contributed by atoms with Crippen LogP contribution in [0.1, 0.15) is 59.4 Å². The summed E-state index contributed by atoms with van der Waals surface area (Å²) in [7, 11) is 0. The fraction of sp³-hybridized carbons (Fsp3) is 0.618. The predicted octanol–water partition coefficient (Wildman–Crippen LogP) is 4.04. The molecular formula is C34H49N3O5. The zero-order chi connectivity index (χ0) is 30.8. The van der Waals surface area contributed by atoms with Crippen molar-refractivity contribution in [3.8, 4) is 0 Å². The van der Waals surface area contributed by atoms with E-state index in [1.54, 1.807) is 26.9 Å². The van der Waals surface area contributed by atoms with Crippen LogP contribution in [-0.2, 0) is 25.7 Å². The van der Waals surface area contributed by atoms with Gasteiger partial charge < -0.3 is 24.5 Å². The van der Waals surface area contributed by atoms with E-state index in [4.69, 9.17) is 4.74 Å². The first-order chi connectivity index (χ1) is 20.0. The molecule has 3 saturated heterocycles. The predicted molar refractivity (Wildman–Crippen MR) is 163 cm³/mol. The lowest BCUT2D eigenvalue weighted by molar-refractivity contribution is -0.158. The number of carbonyl (C=O) groups excluding carboxylic acids is 3. The summed E-state index contributed by atoms with van der Waals surface area (Å²) >= 11 is 0. The molecule has 8 nitrogen and oxygen atoms in total. The average Bonchev–Trinajstić information content (AvgIpc) is 3.47. The fourth-order valence-corrected chi connectivity index (χ4v) is 7.82. The first-order valence-electron chi connectivity index (χ1n) is 15.5. The molecular weight excluding hydrogens is 530 g/mol. The van der Waals surface area contributed by atoms with Gasteiger partial charge in [-0.25, -0.2) is 0 Å². The molecule has 2 bridgehead atoms. The van der Waals surface area contributed by atoms with Crippen LogP contribution in [0.25, 0.3) is 0 Å². The van der Waals surface area contributed by atoms with E-state index < -0.39 is 35.1 Å². The van der Waals surface area contributed by atoms with Crippen molar-refractivity contribution in [1.82, 2.24) is 14.7 Å². The van der Waals surface area contributed by atoms with Gasteiger partial charge in [0.15, 0.2) is 0 Å². The number of ether oxygens (including phenoxy) is 1. The lowest BCUT2D eigenvalue weighted by Gasteiger charge is -2.40. The number of hydrogen-bond donors (Lipinski definition) is 1. The number of fused-ring (bicyclic) bond motifs is 1. The topological polar surface area (TPSA) is 90.4 Å². The van der Waals surface area contributed by atoms with Crippen molar-refractivity contribution in [3.05, 3.63) is 61.2 Å². The van der Waals surface area contributed by atoms with E-state index in [-0.39, 0.29) is 36.2 Å². The zero-order valence-corrected chi connectivity index (χ0v) is 26.0. The minimum Gasteiger partial charge on any atom is -0.394 e. The van der Waals surface area contributed by atoms with Gasteiger partial charge in [-0.1, -0.05) is 70.2 Å². The fourth-order valence-electron chi connectivity index (χ4n) is 7.82. The van der Waals surface area contributed by atoms with Crippen molar-refractivity contribution in [3.63, 3.8) is 0 Å². The highest BCUT2D eigenvalue weighted by Gasteiger charge is 2.80. The molecule has 42 heavy (non-hydrogen) atoms. The van der Waals surface area contributed by atoms with E-state index in [0.29, 0.717) is 39.0 Å². The Kier molecular flexibility index (Phi) is 9.68. The Hall–Kier alpha value is -2.97. The minimum atomic E-state index is -1.17. The molecule has 3 fully saturated rings. The third kappa shape index (κ3) is 5.32. The molecule has 3 aliphatic heterocycles. The SMILES string of the molecule is C=CCN(Cc1ccccc1)C(=O)C1N([C@@H](CO)CC(C)C)C(=O)[C@@H]2[C@@H](C(=O)N(CC=C)CCC)[C@]3(C)OC12CC3C. The number of benzene rings is 1. The Morgan fingerprint density at radius 3 is 2.36 bits per heavy atom. The summed E-state index contributed by atoms with van der Waals surface area (Å²) in [6.45, 7) is 19.1. The summed E-state index contributed by atoms with van der Waals surface area (Å²) in [5.41, 5.74) is -1.11. The van der Waals surface area contributed by atoms with Crippen molar-refractivity contribution in [2.24, 2.45) is 23.7 Å². The van der Waals surface area contributed by atoms with Gasteiger partial charge in [-0.2, -0.15) is 0 Å². The number of likely N-dealkylation sites (tertiary alicyclic amines) is 1. The third-order valence-corrected chi connectivity index (χ3v) is 9.63. The Labute approximate surface area is 251 Å². The van der Waals surface area contributed by atoms with Gasteiger partial charge in [-0.05, 0) is 43.6 Å². The van der Waals surface area contributed by atoms with Crippen molar-refractivity contribution in [1.29, 1.82) is 0 Å². The van der Waals surface area contributed by atoms with Gasteiger partial charge in [0.2, 0.25) is 17.7 Å². The lowest BCUT2D eigenvalue weighted by atomic mass is 9.62. The molecule has 3 aliphatic rings. The van der Waals surface area contributed by atoms with Gasteiger partial charge in [0, 0.05) is 26.2 Å². The Balaban J connectivity index is 1.85. The van der Waals surface area contributed by atoms with Crippen LogP contribution >= 0.6 is 0 Å². The number of hydrogen-bond acceptors (Lipinski definition) is 5. The molecule has 230 valence electrons. The molecule has 1 aromatic carbocycles. The maximum atomic E-state index is 14.8. The largest absolute Gasteiger partial charge is 0.394 e. The standard InChI is InChI=1S/C34H49N3O5/c1-8-16-35(17-9-2)30(39)27-28-31(40)37(26(22-38)19-23(4)5)29(34(28)20-24(6)33(27,7)42-34)32(41)36(18-10-3)21-25-14-12-11-13-15-25/h8,10-15,23-24,26-29,38H,1,3,9,16-22H2,2,4-7H3/t24?,26-,27+,28+,29?,33-,34?/m1/s1. The minimum absolute atomic E-state index is 0.0578. The Morgan fingerprint density at radius 1 is 1.14 bits per heavy atom. The van der Waals surface area contributed by atoms with Crippen LogP contribution in [0.15, 0.2) is 55.6 Å². The molecule has 1 N–H and O–H groups in total. The molecule has 4 rings (SSSR count). The quantitative estimate of drug-likeness (QED) is 0.336. The lowest BCUT2D eigenvalue weighted by Crippen LogP contribution is -2.59. The van der Waals surface area contributed by atoms with E-state index in [1.807, 2.05) is 58.0 Å². The van der Waals surface area contributed by atoms with Crippen LogP contribution in [-0.4, -0.2) is 87.1 Å². The summed E-state index contributed by atoms with van der Waals surface area (Å²) in [6, 6.07) is 8.19. The van der Waals surface area contributed by atoms with Gasteiger partial charge >= 0.3 is 0 Å². The van der Waals surface area contributed by atoms with Crippen LogP contribution in [0.5, 0.6) is 0 Å². The molecule has 0 aromatic heterocycles. The number of nitrogens with zero attached hydrogens (tertiary/aromatic N) is 3. The summed E-state index contributed by atoms with van der Waals surface area (Å²) in [5.74, 6) is -2.06. The van der Waals surface area contributed by atoms with Crippen LogP contribution < -0.4 is 0 Å². The summed E-state index contributed by atoms with van der Waals surface area (Å²) in [4.78, 5) is 48.8. The van der Waals surface area contributed by atoms with Crippen LogP contribution in [0.3, 0.4) is 0 Å². The molecule has 0 radical (unpaired) electrons. The Bertz CT molecular complexity index is 1170. The third-order valence-electron chi connectivity index (χ3n) is 9.63. The van der Waals surface area contributed by atoms with Gasteiger partial charge in [-0.15, -0.1) is 13.2 Å². The highest BCUT2D eigenvalue weighted by Crippen LogP contribution is 2.66. The summed E-state index contributed by atoms with van der Waals surface area (Å²) in [6.07, 6.45) is 5.18. The molecule has 8 heteroatoms. The normalized spacial score (nSPS) is 30.4. The molecule has 0 saturated carbocycles. The molecule has 1 aromatic rings. The summed E-state index contributed by atoms with van der Waals surface area (Å²) in [5, 5.41) is 10.6. The number of amides is 3. The molecule has 7 atom stereocenters. The Morgan fingerprint density at radius 2 is 1.79 bits per heavy atom. The number of carbonyl (C=O) groups is 3. The highest BCUT2D eigenvalue weighted by molar-refractivity contribution is 5.99. The first kappa shape index (κ1) is 32.0. The van der Waals surface area contributed by atoms with Gasteiger partial charge in [-0.3, -0.25) is 14.4 Å². The van der Waals surface area contributed by atoms with Gasteiger partial charge in [0.1, 0.15) is 11.6 Å². The monoisotopic (exact) mass is 579 g/mol. The average molecular weight is 580 g/mol. The van der Waals surface area contributed by atoms with E-state index >= 15 is 0 Å². The van der Waals surface area contributed by atoms with Crippen molar-refractivity contribution >= 4 is 17.7 Å². The number of aliphatic hydroxyl groups excluding tert-OH is 1. The van der Waals surface area contributed by atoms with Crippen molar-refractivity contribution in [2.75, 3.05) is 26.2 Å². The number of aliphatic hydroxyl groups is 1. The molecule has 3 unspecified atom stereocenters. The molecule has 3 amide bonds. The van der Waals surface area contributed by atoms with Crippen LogP contribution in [0.4, 0.5) is 0 Å². The van der Waals surface area contributed by atoms with Crippen LogP contribution in [0.2, 0.25) is 0 Å². The smallest absolute Gasteiger partial charge is 0.249 e. The zero-order valence-electron chi connectivity index (χ0n) is 26.0. The maximum absolute atomic E-state index is 14.8. The van der Waals surface area contributed by atoms with Gasteiger partial charge in [0.25, 0.3) is 0 Å².